The summed E-state index contributed by atoms with van der Waals surface area (Å²) < 4.78 is 36.8. The SMILES string of the molecule is CN(C)S(=O)(=O)c1cccc(NC(=O)CN2CCN(c3oc(-c4ccco4)nc3C#N)CC2)c1. The number of nitriles is 1. The van der Waals surface area contributed by atoms with Gasteiger partial charge in [-0.2, -0.15) is 10.2 Å². The molecule has 1 fully saturated rings. The summed E-state index contributed by atoms with van der Waals surface area (Å²) in [5, 5.41) is 12.2. The van der Waals surface area contributed by atoms with Crippen molar-refractivity contribution < 1.29 is 22.0 Å². The van der Waals surface area contributed by atoms with E-state index in [1.807, 2.05) is 9.80 Å². The van der Waals surface area contributed by atoms with E-state index in [1.54, 1.807) is 24.3 Å². The number of nitrogens with zero attached hydrogens (tertiary/aromatic N) is 5. The number of anilines is 2. The van der Waals surface area contributed by atoms with Crippen LogP contribution in [0.25, 0.3) is 11.7 Å². The predicted octanol–water partition coefficient (Wildman–Crippen LogP) is 1.82. The molecule has 1 N–H and O–H groups in total. The quantitative estimate of drug-likeness (QED) is 0.532. The molecule has 2 aromatic heterocycles. The van der Waals surface area contributed by atoms with Crippen molar-refractivity contribution in [3.05, 3.63) is 48.4 Å². The number of amides is 1. The Labute approximate surface area is 197 Å². The third-order valence-electron chi connectivity index (χ3n) is 5.37. The molecule has 1 aliphatic rings. The number of benzene rings is 1. The first-order valence-corrected chi connectivity index (χ1v) is 12.0. The lowest BCUT2D eigenvalue weighted by atomic mass is 10.3. The molecule has 0 atom stereocenters. The zero-order chi connectivity index (χ0) is 24.3. The number of furan rings is 1. The molecule has 178 valence electrons. The van der Waals surface area contributed by atoms with Crippen molar-refractivity contribution in [2.75, 3.05) is 57.0 Å². The largest absolute Gasteiger partial charge is 0.459 e. The fourth-order valence-corrected chi connectivity index (χ4v) is 4.51. The number of carbonyl (C=O) groups is 1. The van der Waals surface area contributed by atoms with Crippen molar-refractivity contribution in [2.45, 2.75) is 4.90 Å². The number of aromatic nitrogens is 1. The van der Waals surface area contributed by atoms with Crippen molar-refractivity contribution in [3.63, 3.8) is 0 Å². The summed E-state index contributed by atoms with van der Waals surface area (Å²) in [7, 11) is -0.681. The minimum Gasteiger partial charge on any atom is -0.459 e. The molecule has 0 aliphatic carbocycles. The van der Waals surface area contributed by atoms with Crippen LogP contribution >= 0.6 is 0 Å². The van der Waals surface area contributed by atoms with E-state index < -0.39 is 10.0 Å². The van der Waals surface area contributed by atoms with E-state index in [9.17, 15) is 18.5 Å². The molecule has 1 saturated heterocycles. The van der Waals surface area contributed by atoms with Crippen LogP contribution < -0.4 is 10.2 Å². The van der Waals surface area contributed by atoms with Crippen LogP contribution in [0.15, 0.2) is 56.4 Å². The van der Waals surface area contributed by atoms with Gasteiger partial charge in [0, 0.05) is 46.0 Å². The van der Waals surface area contributed by atoms with E-state index in [-0.39, 0.29) is 28.9 Å². The van der Waals surface area contributed by atoms with E-state index in [0.29, 0.717) is 43.5 Å². The predicted molar refractivity (Wildman–Crippen MR) is 124 cm³/mol. The van der Waals surface area contributed by atoms with E-state index in [4.69, 9.17) is 8.83 Å². The van der Waals surface area contributed by atoms with Gasteiger partial charge in [0.1, 0.15) is 6.07 Å². The minimum absolute atomic E-state index is 0.109. The van der Waals surface area contributed by atoms with E-state index in [2.05, 4.69) is 16.4 Å². The average molecular weight is 485 g/mol. The van der Waals surface area contributed by atoms with Crippen molar-refractivity contribution in [2.24, 2.45) is 0 Å². The molecule has 1 amide bonds. The molecule has 0 saturated carbocycles. The van der Waals surface area contributed by atoms with Crippen LogP contribution in [-0.2, 0) is 14.8 Å². The topological polar surface area (TPSA) is 136 Å². The van der Waals surface area contributed by atoms with E-state index in [0.717, 1.165) is 4.31 Å². The first kappa shape index (κ1) is 23.5. The summed E-state index contributed by atoms with van der Waals surface area (Å²) >= 11 is 0. The molecule has 0 spiro atoms. The lowest BCUT2D eigenvalue weighted by molar-refractivity contribution is -0.117. The lowest BCUT2D eigenvalue weighted by Gasteiger charge is -2.34. The zero-order valence-corrected chi connectivity index (χ0v) is 19.6. The second-order valence-electron chi connectivity index (χ2n) is 7.89. The molecule has 11 nitrogen and oxygen atoms in total. The zero-order valence-electron chi connectivity index (χ0n) is 18.8. The van der Waals surface area contributed by atoms with Crippen molar-refractivity contribution in [1.29, 1.82) is 5.26 Å². The summed E-state index contributed by atoms with van der Waals surface area (Å²) in [4.78, 5) is 20.8. The maximum absolute atomic E-state index is 12.6. The van der Waals surface area contributed by atoms with Gasteiger partial charge in [0.15, 0.2) is 5.76 Å². The summed E-state index contributed by atoms with van der Waals surface area (Å²) in [5.74, 6) is 0.833. The van der Waals surface area contributed by atoms with Crippen molar-refractivity contribution in [3.8, 4) is 17.7 Å². The molecule has 12 heteroatoms. The van der Waals surface area contributed by atoms with Gasteiger partial charge in [0.2, 0.25) is 27.5 Å². The Hall–Kier alpha value is -3.66. The van der Waals surface area contributed by atoms with E-state index >= 15 is 0 Å². The highest BCUT2D eigenvalue weighted by atomic mass is 32.2. The summed E-state index contributed by atoms with van der Waals surface area (Å²) in [6, 6.07) is 11.6. The number of rotatable bonds is 7. The molecule has 3 aromatic rings. The number of hydrogen-bond acceptors (Lipinski definition) is 9. The normalized spacial score (nSPS) is 14.8. The maximum atomic E-state index is 12.6. The Bertz CT molecular complexity index is 1300. The van der Waals surface area contributed by atoms with Crippen LogP contribution in [0.1, 0.15) is 5.69 Å². The molecule has 1 aromatic carbocycles. The van der Waals surface area contributed by atoms with Gasteiger partial charge in [-0.25, -0.2) is 12.7 Å². The highest BCUT2D eigenvalue weighted by Gasteiger charge is 2.26. The van der Waals surface area contributed by atoms with Crippen LogP contribution in [0.2, 0.25) is 0 Å². The summed E-state index contributed by atoms with van der Waals surface area (Å²) in [6.07, 6.45) is 1.51. The van der Waals surface area contributed by atoms with E-state index in [1.165, 1.54) is 32.5 Å². The fraction of sp³-hybridized carbons (Fsp3) is 0.318. The van der Waals surface area contributed by atoms with Gasteiger partial charge < -0.3 is 19.1 Å². The Morgan fingerprint density at radius 1 is 1.21 bits per heavy atom. The van der Waals surface area contributed by atoms with Crippen LogP contribution in [0.4, 0.5) is 11.6 Å². The summed E-state index contributed by atoms with van der Waals surface area (Å²) in [5.41, 5.74) is 0.600. The average Bonchev–Trinajstić information content (AvgIpc) is 3.49. The number of carbonyl (C=O) groups excluding carboxylic acids is 1. The Morgan fingerprint density at radius 3 is 2.62 bits per heavy atom. The number of oxazole rings is 1. The maximum Gasteiger partial charge on any atom is 0.266 e. The van der Waals surface area contributed by atoms with Crippen molar-refractivity contribution >= 4 is 27.5 Å². The molecule has 3 heterocycles. The molecule has 34 heavy (non-hydrogen) atoms. The Kier molecular flexibility index (Phi) is 6.69. The van der Waals surface area contributed by atoms with Crippen LogP contribution in [-0.4, -0.2) is 75.3 Å². The van der Waals surface area contributed by atoms with Crippen LogP contribution in [0.5, 0.6) is 0 Å². The van der Waals surface area contributed by atoms with Gasteiger partial charge in [-0.05, 0) is 30.3 Å². The first-order chi connectivity index (χ1) is 16.3. The first-order valence-electron chi connectivity index (χ1n) is 10.5. The van der Waals surface area contributed by atoms with Gasteiger partial charge in [-0.3, -0.25) is 9.69 Å². The number of nitrogens with one attached hydrogen (secondary N) is 1. The fourth-order valence-electron chi connectivity index (χ4n) is 3.56. The number of hydrogen-bond donors (Lipinski definition) is 1. The lowest BCUT2D eigenvalue weighted by Crippen LogP contribution is -2.48. The molecule has 0 unspecified atom stereocenters. The molecular formula is C22H24N6O5S. The molecule has 1 aliphatic heterocycles. The highest BCUT2D eigenvalue weighted by Crippen LogP contribution is 2.29. The van der Waals surface area contributed by atoms with Gasteiger partial charge >= 0.3 is 0 Å². The minimum atomic E-state index is -3.59. The molecular weight excluding hydrogens is 460 g/mol. The van der Waals surface area contributed by atoms with Crippen molar-refractivity contribution in [1.82, 2.24) is 14.2 Å². The standard InChI is InChI=1S/C22H24N6O5S/c1-26(2)34(30,31)17-6-3-5-16(13-17)24-20(29)15-27-8-10-28(11-9-27)22-18(14-23)25-21(33-22)19-7-4-12-32-19/h3-7,12-13H,8-11,15H2,1-2H3,(H,24,29). The smallest absolute Gasteiger partial charge is 0.266 e. The van der Waals surface area contributed by atoms with Gasteiger partial charge in [-0.15, -0.1) is 0 Å². The van der Waals surface area contributed by atoms with Gasteiger partial charge in [0.05, 0.1) is 17.7 Å². The van der Waals surface area contributed by atoms with Gasteiger partial charge in [-0.1, -0.05) is 6.07 Å². The Morgan fingerprint density at radius 2 is 1.97 bits per heavy atom. The molecule has 4 rings (SSSR count). The van der Waals surface area contributed by atoms with Crippen LogP contribution in [0.3, 0.4) is 0 Å². The third-order valence-corrected chi connectivity index (χ3v) is 7.18. The third kappa shape index (κ3) is 4.96. The highest BCUT2D eigenvalue weighted by molar-refractivity contribution is 7.89. The van der Waals surface area contributed by atoms with Gasteiger partial charge in [0.25, 0.3) is 5.89 Å². The molecule has 0 bridgehead atoms. The summed E-state index contributed by atoms with van der Waals surface area (Å²) in [6.45, 7) is 2.39. The second-order valence-corrected chi connectivity index (χ2v) is 10.0. The monoisotopic (exact) mass is 484 g/mol. The van der Waals surface area contributed by atoms with Crippen LogP contribution in [0, 0.1) is 11.3 Å². The number of sulfonamides is 1. The molecule has 0 radical (unpaired) electrons. The Balaban J connectivity index is 1.35. The number of piperazine rings is 1. The second kappa shape index (κ2) is 9.68.